The van der Waals surface area contributed by atoms with Crippen LogP contribution >= 0.6 is 34.3 Å². The van der Waals surface area contributed by atoms with Crippen LogP contribution in [-0.2, 0) is 35.2 Å². The van der Waals surface area contributed by atoms with E-state index < -0.39 is 11.2 Å². The van der Waals surface area contributed by atoms with Gasteiger partial charge in [0.1, 0.15) is 44.5 Å². The smallest absolute Gasteiger partial charge is 0.407 e. The second kappa shape index (κ2) is 28.9. The number of alkyl carbamates (subject to hydrolysis) is 2. The lowest BCUT2D eigenvalue weighted by Crippen LogP contribution is -2.46. The van der Waals surface area contributed by atoms with Crippen molar-refractivity contribution in [3.63, 3.8) is 0 Å². The minimum Gasteiger partial charge on any atom is -0.444 e. The summed E-state index contributed by atoms with van der Waals surface area (Å²) >= 11 is 9.68. The maximum atomic E-state index is 11.7. The van der Waals surface area contributed by atoms with E-state index in [1.54, 1.807) is 22.5 Å². The maximum absolute atomic E-state index is 11.7. The van der Waals surface area contributed by atoms with E-state index in [1.165, 1.54) is 116 Å². The Hall–Kier alpha value is -3.49. The molecule has 2 amide bonds. The van der Waals surface area contributed by atoms with E-state index in [0.717, 1.165) is 85.9 Å². The summed E-state index contributed by atoms with van der Waals surface area (Å²) < 4.78 is 10.5. The number of carbonyl (C=O) groups excluding carboxylic acids is 2. The van der Waals surface area contributed by atoms with Gasteiger partial charge in [-0.2, -0.15) is 0 Å². The molecule has 422 valence electrons. The van der Waals surface area contributed by atoms with Crippen molar-refractivity contribution in [1.82, 2.24) is 46.5 Å². The van der Waals surface area contributed by atoms with Gasteiger partial charge in [-0.3, -0.25) is 0 Å². The van der Waals surface area contributed by atoms with Gasteiger partial charge in [-0.05, 0) is 215 Å². The quantitative estimate of drug-likeness (QED) is 0.0857. The Balaban J connectivity index is 0.000000184. The molecule has 6 aliphatic rings. The van der Waals surface area contributed by atoms with Crippen LogP contribution in [0.25, 0.3) is 20.4 Å². The van der Waals surface area contributed by atoms with E-state index in [2.05, 4.69) is 79.6 Å². The van der Waals surface area contributed by atoms with Gasteiger partial charge in [0.25, 0.3) is 0 Å². The fourth-order valence-corrected chi connectivity index (χ4v) is 13.9. The van der Waals surface area contributed by atoms with Crippen molar-refractivity contribution in [2.75, 3.05) is 33.1 Å². The monoisotopic (exact) mass is 1100 g/mol. The molecule has 75 heavy (non-hydrogen) atoms. The standard InChI is InChI=1S/C17H24N4S.C16H30N2O4.C9H7ClN2S.C8H18N2.C6H14N2.H2/c1-18-11-6-8-12(9-7-11)21(2)16-15-13-4-3-5-14(13)22-17(15)20-10-19-16;1-15(2,3)21-13(19)17-11-7-9-12(10-8-11)18-14(20)22-16(4,5)6;10-8-7-5-2-1-3-6(5)13-9(7)12-4-11-8;1-9-7-3-5-8(10-2)6-4-7;7-5-1-2-6(8)4-3-5;/h10-12,18H,3-9H2,1-2H3;11-12H,7-10H2,1-6H3,(H,17,19)(H,18,20);4H,1-3H2;7-10H,3-6H2,1-2H3;5-6H,1-4,7-8H2;1H/i;;;;;1+1. The molecule has 4 saturated carbocycles. The topological polar surface area (TPSA) is 220 Å². The second-order valence-electron chi connectivity index (χ2n) is 23.5. The van der Waals surface area contributed by atoms with E-state index in [1.807, 2.05) is 52.9 Å². The molecule has 0 atom stereocenters. The molecule has 19 heteroatoms. The van der Waals surface area contributed by atoms with Crippen molar-refractivity contribution in [3.05, 3.63) is 38.7 Å². The number of fused-ring (bicyclic) bond motifs is 6. The van der Waals surface area contributed by atoms with E-state index in [0.29, 0.717) is 29.3 Å². The number of nitrogens with two attached hydrogens (primary N) is 2. The average molecular weight is 1100 g/mol. The normalized spacial score (nSPS) is 25.3. The van der Waals surface area contributed by atoms with Crippen LogP contribution in [-0.4, -0.2) is 120 Å². The molecule has 0 aromatic carbocycles. The van der Waals surface area contributed by atoms with Gasteiger partial charge in [0.2, 0.25) is 0 Å². The number of aryl methyl sites for hydroxylation is 4. The number of hydrogen-bond acceptors (Lipinski definition) is 16. The zero-order chi connectivity index (χ0) is 54.3. The van der Waals surface area contributed by atoms with E-state index in [9.17, 15) is 9.59 Å². The van der Waals surface area contributed by atoms with E-state index in [4.69, 9.17) is 32.5 Å². The highest BCUT2D eigenvalue weighted by Crippen LogP contribution is 2.41. The number of nitrogens with one attached hydrogen (secondary N) is 5. The molecule has 4 fully saturated rings. The van der Waals surface area contributed by atoms with Gasteiger partial charge in [-0.25, -0.2) is 29.5 Å². The molecule has 0 bridgehead atoms. The fourth-order valence-electron chi connectivity index (χ4n) is 11.1. The summed E-state index contributed by atoms with van der Waals surface area (Å²) in [4.78, 5) is 48.6. The van der Waals surface area contributed by atoms with E-state index >= 15 is 0 Å². The number of rotatable bonds is 7. The maximum Gasteiger partial charge on any atom is 0.407 e. The first-order valence-corrected chi connectivity index (χ1v) is 30.2. The van der Waals surface area contributed by atoms with Gasteiger partial charge in [-0.15, -0.1) is 22.7 Å². The predicted octanol–water partition coefficient (Wildman–Crippen LogP) is 10.5. The number of nitrogens with zero attached hydrogens (tertiary/aromatic N) is 5. The Morgan fingerprint density at radius 2 is 0.947 bits per heavy atom. The number of halogens is 1. The number of hydrogen-bond donors (Lipinski definition) is 7. The van der Waals surface area contributed by atoms with Crippen LogP contribution in [0.3, 0.4) is 0 Å². The Bertz CT molecular complexity index is 2320. The lowest BCUT2D eigenvalue weighted by atomic mass is 9.90. The van der Waals surface area contributed by atoms with Gasteiger partial charge >= 0.3 is 12.2 Å². The molecule has 10 rings (SSSR count). The number of ether oxygens (including phenoxy) is 2. The number of carbonyl (C=O) groups is 2. The first-order valence-electron chi connectivity index (χ1n) is 28.1. The zero-order valence-corrected chi connectivity index (χ0v) is 49.4. The van der Waals surface area contributed by atoms with Gasteiger partial charge < -0.3 is 52.4 Å². The van der Waals surface area contributed by atoms with Gasteiger partial charge in [-0.1, -0.05) is 11.6 Å². The van der Waals surface area contributed by atoms with Crippen molar-refractivity contribution in [3.8, 4) is 0 Å². The van der Waals surface area contributed by atoms with Crippen LogP contribution in [0.5, 0.6) is 0 Å². The summed E-state index contributed by atoms with van der Waals surface area (Å²) in [6.45, 7) is 11.0. The van der Waals surface area contributed by atoms with Crippen molar-refractivity contribution in [1.29, 1.82) is 0 Å². The molecule has 16 nitrogen and oxygen atoms in total. The highest BCUT2D eigenvalue weighted by atomic mass is 35.5. The molecule has 0 saturated heterocycles. The van der Waals surface area contributed by atoms with Crippen LogP contribution in [0.2, 0.25) is 5.15 Å². The Morgan fingerprint density at radius 1 is 0.573 bits per heavy atom. The van der Waals surface area contributed by atoms with Crippen molar-refractivity contribution in [2.24, 2.45) is 11.5 Å². The third-order valence-corrected chi connectivity index (χ3v) is 18.1. The molecule has 0 unspecified atom stereocenters. The molecule has 0 spiro atoms. The summed E-state index contributed by atoms with van der Waals surface area (Å²) in [5.41, 5.74) is 13.2. The molecule has 6 aliphatic carbocycles. The van der Waals surface area contributed by atoms with Crippen LogP contribution < -0.4 is 43.0 Å². The second-order valence-corrected chi connectivity index (χ2v) is 26.0. The van der Waals surface area contributed by atoms with Gasteiger partial charge in [0.15, 0.2) is 0 Å². The summed E-state index contributed by atoms with van der Waals surface area (Å²) in [7, 11) is 8.43. The summed E-state index contributed by atoms with van der Waals surface area (Å²) in [6, 6.07) is 3.96. The lowest BCUT2D eigenvalue weighted by molar-refractivity contribution is 0.0447. The summed E-state index contributed by atoms with van der Waals surface area (Å²) in [5, 5.41) is 18.9. The van der Waals surface area contributed by atoms with Crippen molar-refractivity contribution >= 4 is 72.7 Å². The minimum absolute atomic E-state index is 0. The van der Waals surface area contributed by atoms with Gasteiger partial charge in [0.05, 0.1) is 10.8 Å². The Morgan fingerprint density at radius 3 is 1.36 bits per heavy atom. The van der Waals surface area contributed by atoms with Crippen LogP contribution in [0.15, 0.2) is 12.7 Å². The largest absolute Gasteiger partial charge is 0.444 e. The van der Waals surface area contributed by atoms with E-state index in [-0.39, 0.29) is 25.7 Å². The van der Waals surface area contributed by atoms with Crippen molar-refractivity contribution < 1.29 is 20.5 Å². The van der Waals surface area contributed by atoms with Crippen LogP contribution in [0.4, 0.5) is 15.4 Å². The summed E-state index contributed by atoms with van der Waals surface area (Å²) in [6.07, 6.45) is 28.0. The molecular formula is C56H95ClN12O4S2. The number of anilines is 1. The molecule has 4 aromatic heterocycles. The third-order valence-electron chi connectivity index (χ3n) is 15.5. The SMILES string of the molecule is CC(C)(C)OC(=O)NC1CCC(NC(=O)OC(C)(C)C)CC1.CNC1CCC(N(C)c2ncnc3sc4c(c23)CCC4)CC1.CNC1CCC(NC)CC1.Clc1ncnc2sc3c(c12)CCC3.NC1CCC(N)CC1.[2HH]. The molecule has 4 heterocycles. The van der Waals surface area contributed by atoms with Gasteiger partial charge in [0, 0.05) is 66.6 Å². The third kappa shape index (κ3) is 18.8. The Kier molecular flexibility index (Phi) is 23.4. The molecule has 0 radical (unpaired) electrons. The molecule has 4 aromatic rings. The lowest BCUT2D eigenvalue weighted by Gasteiger charge is -2.35. The fraction of sp³-hybridized carbons (Fsp3) is 0.750. The molecule has 0 aliphatic heterocycles. The summed E-state index contributed by atoms with van der Waals surface area (Å²) in [5.74, 6) is 1.16. The zero-order valence-electron chi connectivity index (χ0n) is 47.0. The number of amides is 2. The Labute approximate surface area is 463 Å². The molecular weight excluding hydrogens is 1000 g/mol. The van der Waals surface area contributed by atoms with Crippen LogP contribution in [0, 0.1) is 0 Å². The predicted molar refractivity (Wildman–Crippen MR) is 313 cm³/mol. The highest BCUT2D eigenvalue weighted by molar-refractivity contribution is 7.19. The first-order chi connectivity index (χ1) is 35.7. The number of thiophene rings is 2. The van der Waals surface area contributed by atoms with Crippen LogP contribution in [0.1, 0.15) is 179 Å². The highest BCUT2D eigenvalue weighted by Gasteiger charge is 2.30. The first kappa shape index (κ1) is 60.7. The minimum atomic E-state index is -0.487. The molecule has 9 N–H and O–H groups in total. The number of aromatic nitrogens is 4. The van der Waals surface area contributed by atoms with Crippen molar-refractivity contribution in [2.45, 2.75) is 242 Å². The average Bonchev–Trinajstić information content (AvgIpc) is 4.20.